The smallest absolute Gasteiger partial charge is 0.350 e. The first-order valence-electron chi connectivity index (χ1n) is 8.65. The van der Waals surface area contributed by atoms with Gasteiger partial charge >= 0.3 is 11.9 Å². The quantitative estimate of drug-likeness (QED) is 0.480. The number of cyclic esters (lactones) is 2. The summed E-state index contributed by atoms with van der Waals surface area (Å²) in [5.74, 6) is -3.05. The fraction of sp³-hybridized carbons (Fsp3) is 0.190. The Morgan fingerprint density at radius 1 is 0.964 bits per heavy atom. The molecule has 2 aromatic rings. The lowest BCUT2D eigenvalue weighted by Gasteiger charge is -2.29. The summed E-state index contributed by atoms with van der Waals surface area (Å²) >= 11 is 0. The number of benzene rings is 2. The van der Waals surface area contributed by atoms with Crippen LogP contribution in [-0.4, -0.2) is 23.6 Å². The molecule has 1 amide bonds. The summed E-state index contributed by atoms with van der Waals surface area (Å²) in [6.07, 6.45) is 1.22. The number of ether oxygens (including phenoxy) is 2. The van der Waals surface area contributed by atoms with Crippen molar-refractivity contribution in [3.8, 4) is 0 Å². The monoisotopic (exact) mass is 380 g/mol. The minimum atomic E-state index is -1.29. The van der Waals surface area contributed by atoms with Crippen LogP contribution in [0.4, 0.5) is 11.4 Å². The van der Waals surface area contributed by atoms with Gasteiger partial charge in [0, 0.05) is 37.0 Å². The van der Waals surface area contributed by atoms with Crippen molar-refractivity contribution in [1.82, 2.24) is 0 Å². The Kier molecular flexibility index (Phi) is 5.17. The highest BCUT2D eigenvalue weighted by Gasteiger charge is 2.38. The van der Waals surface area contributed by atoms with Gasteiger partial charge in [0.15, 0.2) is 5.57 Å². The highest BCUT2D eigenvalue weighted by atomic mass is 16.7. The van der Waals surface area contributed by atoms with E-state index in [1.807, 2.05) is 19.1 Å². The van der Waals surface area contributed by atoms with Crippen LogP contribution in [0.5, 0.6) is 0 Å². The molecule has 28 heavy (non-hydrogen) atoms. The predicted molar refractivity (Wildman–Crippen MR) is 104 cm³/mol. The van der Waals surface area contributed by atoms with E-state index in [2.05, 4.69) is 10.6 Å². The molecule has 7 nitrogen and oxygen atoms in total. The molecule has 7 heteroatoms. The van der Waals surface area contributed by atoms with Gasteiger partial charge in [0.2, 0.25) is 0 Å². The maximum Gasteiger partial charge on any atom is 0.350 e. The van der Waals surface area contributed by atoms with E-state index >= 15 is 0 Å². The molecule has 0 atom stereocenters. The molecule has 0 aliphatic carbocycles. The lowest BCUT2D eigenvalue weighted by atomic mass is 10.1. The molecule has 1 aliphatic rings. The fourth-order valence-corrected chi connectivity index (χ4v) is 2.61. The molecule has 1 heterocycles. The van der Waals surface area contributed by atoms with Gasteiger partial charge in [0.25, 0.3) is 11.7 Å². The minimum absolute atomic E-state index is 0.235. The van der Waals surface area contributed by atoms with Crippen molar-refractivity contribution in [2.24, 2.45) is 0 Å². The zero-order valence-corrected chi connectivity index (χ0v) is 15.7. The van der Waals surface area contributed by atoms with Crippen LogP contribution < -0.4 is 10.6 Å². The summed E-state index contributed by atoms with van der Waals surface area (Å²) in [6.45, 7) is 4.87. The van der Waals surface area contributed by atoms with Crippen molar-refractivity contribution in [3.63, 3.8) is 0 Å². The molecule has 144 valence electrons. The van der Waals surface area contributed by atoms with Gasteiger partial charge in [0.1, 0.15) is 0 Å². The van der Waals surface area contributed by atoms with Crippen LogP contribution in [0.3, 0.4) is 0 Å². The van der Waals surface area contributed by atoms with Gasteiger partial charge in [-0.3, -0.25) is 4.79 Å². The Morgan fingerprint density at radius 2 is 1.61 bits per heavy atom. The Morgan fingerprint density at radius 3 is 2.29 bits per heavy atom. The van der Waals surface area contributed by atoms with E-state index in [9.17, 15) is 14.4 Å². The fourth-order valence-electron chi connectivity index (χ4n) is 2.61. The predicted octanol–water partition coefficient (Wildman–Crippen LogP) is 3.38. The molecule has 3 rings (SSSR count). The van der Waals surface area contributed by atoms with Gasteiger partial charge in [0.05, 0.1) is 0 Å². The molecule has 1 fully saturated rings. The Bertz CT molecular complexity index is 956. The number of carbonyl (C=O) groups is 3. The van der Waals surface area contributed by atoms with Crippen LogP contribution >= 0.6 is 0 Å². The zero-order valence-electron chi connectivity index (χ0n) is 15.7. The van der Waals surface area contributed by atoms with E-state index in [1.165, 1.54) is 20.0 Å². The van der Waals surface area contributed by atoms with Gasteiger partial charge < -0.3 is 20.1 Å². The molecule has 1 aliphatic heterocycles. The van der Waals surface area contributed by atoms with Gasteiger partial charge in [-0.1, -0.05) is 23.8 Å². The van der Waals surface area contributed by atoms with E-state index in [0.29, 0.717) is 16.9 Å². The third-order valence-electron chi connectivity index (χ3n) is 3.90. The summed E-state index contributed by atoms with van der Waals surface area (Å²) in [5.41, 5.74) is 2.43. The lowest BCUT2D eigenvalue weighted by Crippen LogP contribution is -2.42. The third-order valence-corrected chi connectivity index (χ3v) is 3.90. The second-order valence-electron chi connectivity index (χ2n) is 6.79. The minimum Gasteiger partial charge on any atom is -0.419 e. The summed E-state index contributed by atoms with van der Waals surface area (Å²) in [6, 6.07) is 14.1. The summed E-state index contributed by atoms with van der Waals surface area (Å²) in [4.78, 5) is 36.3. The second kappa shape index (κ2) is 7.56. The highest BCUT2D eigenvalue weighted by Crippen LogP contribution is 2.23. The van der Waals surface area contributed by atoms with Crippen LogP contribution in [0.1, 0.15) is 29.8 Å². The van der Waals surface area contributed by atoms with Crippen LogP contribution in [0.25, 0.3) is 0 Å². The molecule has 0 spiro atoms. The largest absolute Gasteiger partial charge is 0.419 e. The van der Waals surface area contributed by atoms with Gasteiger partial charge in [-0.15, -0.1) is 0 Å². The maximum atomic E-state index is 12.4. The van der Waals surface area contributed by atoms with Gasteiger partial charge in [-0.05, 0) is 37.3 Å². The number of esters is 2. The first kappa shape index (κ1) is 19.2. The number of anilines is 2. The summed E-state index contributed by atoms with van der Waals surface area (Å²) in [5, 5.41) is 5.66. The third kappa shape index (κ3) is 4.56. The highest BCUT2D eigenvalue weighted by molar-refractivity contribution is 6.15. The molecular formula is C21H20N2O5. The average Bonchev–Trinajstić information content (AvgIpc) is 2.60. The van der Waals surface area contributed by atoms with E-state index in [-0.39, 0.29) is 11.5 Å². The number of hydrogen-bond donors (Lipinski definition) is 2. The lowest BCUT2D eigenvalue weighted by molar-refractivity contribution is -0.222. The van der Waals surface area contributed by atoms with Crippen LogP contribution in [0.15, 0.2) is 60.3 Å². The van der Waals surface area contributed by atoms with Gasteiger partial charge in [-0.2, -0.15) is 0 Å². The Hall–Kier alpha value is -3.61. The first-order chi connectivity index (χ1) is 13.2. The number of carbonyl (C=O) groups excluding carboxylic acids is 3. The molecule has 0 saturated carbocycles. The molecule has 2 N–H and O–H groups in total. The molecule has 2 aromatic carbocycles. The first-order valence-corrected chi connectivity index (χ1v) is 8.65. The summed E-state index contributed by atoms with van der Waals surface area (Å²) in [7, 11) is 0. The molecule has 0 unspecified atom stereocenters. The van der Waals surface area contributed by atoms with Crippen molar-refractivity contribution >= 4 is 29.2 Å². The van der Waals surface area contributed by atoms with E-state index in [4.69, 9.17) is 9.47 Å². The molecular weight excluding hydrogens is 360 g/mol. The summed E-state index contributed by atoms with van der Waals surface area (Å²) < 4.78 is 10.1. The molecule has 1 saturated heterocycles. The standard InChI is InChI=1S/C21H20N2O5/c1-13-6-4-7-14(10-13)18(24)23-16-9-5-8-15(11-16)22-12-17-19(25)27-21(2,3)28-20(17)26/h4-12,22H,1-3H3,(H,23,24). The number of hydrogen-bond acceptors (Lipinski definition) is 6. The van der Waals surface area contributed by atoms with Crippen molar-refractivity contribution in [2.75, 3.05) is 10.6 Å². The number of nitrogens with one attached hydrogen (secondary N) is 2. The number of rotatable bonds is 4. The second-order valence-corrected chi connectivity index (χ2v) is 6.79. The number of aryl methyl sites for hydroxylation is 1. The Balaban J connectivity index is 1.71. The zero-order chi connectivity index (χ0) is 20.3. The van der Waals surface area contributed by atoms with E-state index in [1.54, 1.807) is 36.4 Å². The SMILES string of the molecule is Cc1cccc(C(=O)Nc2cccc(NC=C3C(=O)OC(C)(C)OC3=O)c2)c1. The maximum absolute atomic E-state index is 12.4. The van der Waals surface area contributed by atoms with Crippen molar-refractivity contribution < 1.29 is 23.9 Å². The van der Waals surface area contributed by atoms with E-state index < -0.39 is 17.7 Å². The van der Waals surface area contributed by atoms with Crippen molar-refractivity contribution in [3.05, 3.63) is 71.4 Å². The van der Waals surface area contributed by atoms with Crippen LogP contribution in [0.2, 0.25) is 0 Å². The van der Waals surface area contributed by atoms with E-state index in [0.717, 1.165) is 5.56 Å². The van der Waals surface area contributed by atoms with Crippen LogP contribution in [0, 0.1) is 6.92 Å². The average molecular weight is 380 g/mol. The van der Waals surface area contributed by atoms with Gasteiger partial charge in [-0.25, -0.2) is 9.59 Å². The topological polar surface area (TPSA) is 93.7 Å². The van der Waals surface area contributed by atoms with Crippen molar-refractivity contribution in [2.45, 2.75) is 26.6 Å². The van der Waals surface area contributed by atoms with Crippen molar-refractivity contribution in [1.29, 1.82) is 0 Å². The number of amides is 1. The molecule has 0 aromatic heterocycles. The Labute approximate surface area is 162 Å². The molecule has 0 bridgehead atoms. The molecule has 0 radical (unpaired) electrons. The van der Waals surface area contributed by atoms with Crippen LogP contribution in [-0.2, 0) is 19.1 Å². The normalized spacial score (nSPS) is 15.3.